The molecule has 0 fully saturated rings. The van der Waals surface area contributed by atoms with E-state index in [2.05, 4.69) is 5.32 Å². The van der Waals surface area contributed by atoms with Gasteiger partial charge in [0.1, 0.15) is 11.8 Å². The normalized spacial score (nSPS) is 12.7. The first-order valence-corrected chi connectivity index (χ1v) is 5.89. The highest BCUT2D eigenvalue weighted by atomic mass is 35.5. The maximum absolute atomic E-state index is 11.2. The van der Waals surface area contributed by atoms with Crippen LogP contribution in [-0.4, -0.2) is 48.3 Å². The van der Waals surface area contributed by atoms with Crippen LogP contribution in [0.1, 0.15) is 11.6 Å². The lowest BCUT2D eigenvalue weighted by Crippen LogP contribution is -2.33. The minimum atomic E-state index is -0.976. The molecule has 1 atom stereocenters. The van der Waals surface area contributed by atoms with Crippen LogP contribution in [0.15, 0.2) is 18.2 Å². The van der Waals surface area contributed by atoms with Crippen molar-refractivity contribution in [3.8, 4) is 5.75 Å². The van der Waals surface area contributed by atoms with Crippen LogP contribution in [0, 0.1) is 0 Å². The number of carboxylic acid groups (broad SMARTS) is 1. The molecule has 0 spiro atoms. The van der Waals surface area contributed by atoms with Crippen LogP contribution in [0.3, 0.4) is 0 Å². The average molecular weight is 273 g/mol. The molecule has 1 unspecified atom stereocenters. The molecule has 6 heteroatoms. The molecule has 0 aliphatic rings. The number of nitrogens with one attached hydrogen (secondary N) is 1. The predicted octanol–water partition coefficient (Wildman–Crippen LogP) is 1.32. The monoisotopic (exact) mass is 272 g/mol. The van der Waals surface area contributed by atoms with E-state index in [1.54, 1.807) is 6.07 Å². The molecule has 1 rings (SSSR count). The number of halogens is 1. The van der Waals surface area contributed by atoms with Crippen molar-refractivity contribution < 1.29 is 15.0 Å². The summed E-state index contributed by atoms with van der Waals surface area (Å²) in [6.07, 6.45) is 0. The maximum Gasteiger partial charge on any atom is 0.325 e. The third kappa shape index (κ3) is 4.18. The molecule has 0 heterocycles. The Balaban J connectivity index is 2.78. The Morgan fingerprint density at radius 2 is 2.17 bits per heavy atom. The summed E-state index contributed by atoms with van der Waals surface area (Å²) >= 11 is 5.77. The molecule has 0 saturated heterocycles. The van der Waals surface area contributed by atoms with E-state index in [0.717, 1.165) is 6.54 Å². The lowest BCUT2D eigenvalue weighted by Gasteiger charge is -2.17. The summed E-state index contributed by atoms with van der Waals surface area (Å²) in [5, 5.41) is 21.6. The van der Waals surface area contributed by atoms with Gasteiger partial charge in [0, 0.05) is 13.1 Å². The SMILES string of the molecule is CN(C)CCNC(C(=O)O)c1ccc(O)c(Cl)c1. The number of aromatic hydroxyl groups is 1. The smallest absolute Gasteiger partial charge is 0.325 e. The van der Waals surface area contributed by atoms with Gasteiger partial charge in [0.15, 0.2) is 0 Å². The number of rotatable bonds is 6. The molecule has 0 radical (unpaired) electrons. The molecule has 0 aliphatic heterocycles. The van der Waals surface area contributed by atoms with E-state index in [1.807, 2.05) is 19.0 Å². The van der Waals surface area contributed by atoms with E-state index in [0.29, 0.717) is 12.1 Å². The summed E-state index contributed by atoms with van der Waals surface area (Å²) in [6, 6.07) is 3.56. The van der Waals surface area contributed by atoms with Gasteiger partial charge in [-0.1, -0.05) is 17.7 Å². The number of hydrogen-bond acceptors (Lipinski definition) is 4. The quantitative estimate of drug-likeness (QED) is 0.728. The maximum atomic E-state index is 11.2. The van der Waals surface area contributed by atoms with Gasteiger partial charge in [-0.25, -0.2) is 0 Å². The summed E-state index contributed by atoms with van der Waals surface area (Å²) < 4.78 is 0. The van der Waals surface area contributed by atoms with Crippen LogP contribution >= 0.6 is 11.6 Å². The van der Waals surface area contributed by atoms with Gasteiger partial charge in [0.05, 0.1) is 5.02 Å². The average Bonchev–Trinajstić information content (AvgIpc) is 2.27. The summed E-state index contributed by atoms with van der Waals surface area (Å²) in [6.45, 7) is 1.28. The Bertz CT molecular complexity index is 424. The van der Waals surface area contributed by atoms with Gasteiger partial charge in [0.25, 0.3) is 0 Å². The van der Waals surface area contributed by atoms with Crippen molar-refractivity contribution in [2.75, 3.05) is 27.2 Å². The third-order valence-electron chi connectivity index (χ3n) is 2.46. The molecule has 18 heavy (non-hydrogen) atoms. The summed E-state index contributed by atoms with van der Waals surface area (Å²) in [5.74, 6) is -1.03. The number of aliphatic carboxylic acids is 1. The van der Waals surface area contributed by atoms with Crippen LogP contribution in [0.25, 0.3) is 0 Å². The van der Waals surface area contributed by atoms with Crippen molar-refractivity contribution in [3.63, 3.8) is 0 Å². The van der Waals surface area contributed by atoms with Crippen molar-refractivity contribution in [3.05, 3.63) is 28.8 Å². The molecule has 5 nitrogen and oxygen atoms in total. The topological polar surface area (TPSA) is 72.8 Å². The van der Waals surface area contributed by atoms with E-state index >= 15 is 0 Å². The number of phenols is 1. The standard InChI is InChI=1S/C12H17ClN2O3/c1-15(2)6-5-14-11(12(17)18)8-3-4-10(16)9(13)7-8/h3-4,7,11,14,16H,5-6H2,1-2H3,(H,17,18). The second-order valence-corrected chi connectivity index (χ2v) is 4.65. The third-order valence-corrected chi connectivity index (χ3v) is 2.76. The Labute approximate surface area is 111 Å². The number of carbonyl (C=O) groups is 1. The van der Waals surface area contributed by atoms with Gasteiger partial charge < -0.3 is 15.1 Å². The zero-order chi connectivity index (χ0) is 13.7. The molecule has 3 N–H and O–H groups in total. The van der Waals surface area contributed by atoms with E-state index < -0.39 is 12.0 Å². The zero-order valence-electron chi connectivity index (χ0n) is 10.4. The van der Waals surface area contributed by atoms with Crippen molar-refractivity contribution in [2.45, 2.75) is 6.04 Å². The van der Waals surface area contributed by atoms with Gasteiger partial charge >= 0.3 is 5.97 Å². The van der Waals surface area contributed by atoms with E-state index in [-0.39, 0.29) is 10.8 Å². The number of benzene rings is 1. The van der Waals surface area contributed by atoms with Crippen LogP contribution in [0.2, 0.25) is 5.02 Å². The van der Waals surface area contributed by atoms with E-state index in [9.17, 15) is 15.0 Å². The van der Waals surface area contributed by atoms with Crippen LogP contribution in [-0.2, 0) is 4.79 Å². The number of phenolic OH excluding ortho intramolecular Hbond substituents is 1. The minimum Gasteiger partial charge on any atom is -0.506 e. The second-order valence-electron chi connectivity index (χ2n) is 4.24. The Morgan fingerprint density at radius 3 is 2.67 bits per heavy atom. The van der Waals surface area contributed by atoms with Crippen molar-refractivity contribution in [1.82, 2.24) is 10.2 Å². The zero-order valence-corrected chi connectivity index (χ0v) is 11.1. The highest BCUT2D eigenvalue weighted by Gasteiger charge is 2.19. The Kier molecular flexibility index (Phi) is 5.40. The summed E-state index contributed by atoms with van der Waals surface area (Å²) in [7, 11) is 3.82. The molecule has 0 amide bonds. The van der Waals surface area contributed by atoms with E-state index in [4.69, 9.17) is 11.6 Å². The van der Waals surface area contributed by atoms with Gasteiger partial charge in [0.2, 0.25) is 0 Å². The predicted molar refractivity (Wildman–Crippen MR) is 70.1 cm³/mol. The fourth-order valence-corrected chi connectivity index (χ4v) is 1.67. The number of hydrogen-bond donors (Lipinski definition) is 3. The van der Waals surface area contributed by atoms with Crippen LogP contribution in [0.5, 0.6) is 5.75 Å². The van der Waals surface area contributed by atoms with Crippen LogP contribution < -0.4 is 5.32 Å². The van der Waals surface area contributed by atoms with Crippen molar-refractivity contribution >= 4 is 17.6 Å². The largest absolute Gasteiger partial charge is 0.506 e. The van der Waals surface area contributed by atoms with Gasteiger partial charge in [-0.05, 0) is 31.8 Å². The first-order chi connectivity index (χ1) is 8.41. The number of likely N-dealkylation sites (N-methyl/N-ethyl adjacent to an activating group) is 1. The fraction of sp³-hybridized carbons (Fsp3) is 0.417. The lowest BCUT2D eigenvalue weighted by atomic mass is 10.1. The summed E-state index contributed by atoms with van der Waals surface area (Å²) in [4.78, 5) is 13.1. The molecule has 0 aromatic heterocycles. The van der Waals surface area contributed by atoms with Gasteiger partial charge in [-0.3, -0.25) is 10.1 Å². The highest BCUT2D eigenvalue weighted by molar-refractivity contribution is 6.32. The van der Waals surface area contributed by atoms with Crippen LogP contribution in [0.4, 0.5) is 0 Å². The Hall–Kier alpha value is -1.30. The molecule has 1 aromatic rings. The highest BCUT2D eigenvalue weighted by Crippen LogP contribution is 2.26. The molecular weight excluding hydrogens is 256 g/mol. The molecule has 100 valence electrons. The van der Waals surface area contributed by atoms with Crippen molar-refractivity contribution in [1.29, 1.82) is 0 Å². The number of nitrogens with zero attached hydrogens (tertiary/aromatic N) is 1. The van der Waals surface area contributed by atoms with E-state index in [1.165, 1.54) is 12.1 Å². The molecule has 1 aromatic carbocycles. The molecule has 0 bridgehead atoms. The lowest BCUT2D eigenvalue weighted by molar-refractivity contribution is -0.139. The Morgan fingerprint density at radius 1 is 1.50 bits per heavy atom. The first-order valence-electron chi connectivity index (χ1n) is 5.51. The first kappa shape index (κ1) is 14.8. The number of carboxylic acids is 1. The van der Waals surface area contributed by atoms with Gasteiger partial charge in [-0.2, -0.15) is 0 Å². The fourth-order valence-electron chi connectivity index (χ4n) is 1.48. The van der Waals surface area contributed by atoms with Crippen molar-refractivity contribution in [2.24, 2.45) is 0 Å². The second kappa shape index (κ2) is 6.58. The molecular formula is C12H17ClN2O3. The molecule has 0 aliphatic carbocycles. The van der Waals surface area contributed by atoms with Gasteiger partial charge in [-0.15, -0.1) is 0 Å². The summed E-state index contributed by atoms with van der Waals surface area (Å²) in [5.41, 5.74) is 0.518. The minimum absolute atomic E-state index is 0.0575. The molecule has 0 saturated carbocycles.